The van der Waals surface area contributed by atoms with Gasteiger partial charge < -0.3 is 9.67 Å². The third-order valence-electron chi connectivity index (χ3n) is 3.92. The van der Waals surface area contributed by atoms with Crippen molar-refractivity contribution in [2.24, 2.45) is 7.05 Å². The molecule has 0 spiro atoms. The maximum absolute atomic E-state index is 13.0. The van der Waals surface area contributed by atoms with Crippen LogP contribution in [0.25, 0.3) is 0 Å². The van der Waals surface area contributed by atoms with Gasteiger partial charge in [0.25, 0.3) is 0 Å². The fourth-order valence-electron chi connectivity index (χ4n) is 2.68. The topological polar surface area (TPSA) is 75.4 Å². The molecule has 1 aromatic heterocycles. The lowest BCUT2D eigenvalue weighted by Gasteiger charge is -2.33. The van der Waals surface area contributed by atoms with Crippen LogP contribution in [-0.2, 0) is 30.0 Å². The quantitative estimate of drug-likeness (QED) is 0.900. The van der Waals surface area contributed by atoms with Gasteiger partial charge >= 0.3 is 0 Å². The smallest absolute Gasteiger partial charge is 0.243 e. The van der Waals surface area contributed by atoms with Gasteiger partial charge in [-0.25, -0.2) is 17.8 Å². The Bertz CT molecular complexity index is 786. The Morgan fingerprint density at radius 3 is 2.68 bits per heavy atom. The Morgan fingerprint density at radius 1 is 1.36 bits per heavy atom. The van der Waals surface area contributed by atoms with Gasteiger partial charge in [0.1, 0.15) is 5.82 Å². The molecule has 0 bridgehead atoms. The number of imidazole rings is 1. The lowest BCUT2D eigenvalue weighted by atomic mass is 10.1. The summed E-state index contributed by atoms with van der Waals surface area (Å²) in [7, 11) is -1.98. The highest BCUT2D eigenvalue weighted by Gasteiger charge is 2.37. The van der Waals surface area contributed by atoms with Gasteiger partial charge in [-0.1, -0.05) is 0 Å². The van der Waals surface area contributed by atoms with Crippen LogP contribution in [0, 0.1) is 5.82 Å². The molecule has 0 saturated carbocycles. The number of sulfonamides is 1. The van der Waals surface area contributed by atoms with Crippen LogP contribution >= 0.6 is 0 Å². The van der Waals surface area contributed by atoms with E-state index in [0.717, 1.165) is 17.8 Å². The number of aromatic nitrogens is 2. The summed E-state index contributed by atoms with van der Waals surface area (Å²) in [5.41, 5.74) is 1.60. The molecule has 8 heteroatoms. The molecule has 1 atom stereocenters. The first-order valence-corrected chi connectivity index (χ1v) is 8.25. The summed E-state index contributed by atoms with van der Waals surface area (Å²) in [6.45, 7) is -0.188. The molecule has 0 amide bonds. The lowest BCUT2D eigenvalue weighted by molar-refractivity contribution is 0.171. The molecule has 22 heavy (non-hydrogen) atoms. The number of benzene rings is 1. The van der Waals surface area contributed by atoms with Gasteiger partial charge in [-0.15, -0.1) is 0 Å². The van der Waals surface area contributed by atoms with Crippen LogP contribution in [0.4, 0.5) is 4.39 Å². The largest absolute Gasteiger partial charge is 0.395 e. The van der Waals surface area contributed by atoms with Gasteiger partial charge in [-0.05, 0) is 24.3 Å². The van der Waals surface area contributed by atoms with Crippen LogP contribution < -0.4 is 0 Å². The van der Waals surface area contributed by atoms with E-state index in [2.05, 4.69) is 4.98 Å². The Hall–Kier alpha value is -1.77. The predicted molar refractivity (Wildman–Crippen MR) is 76.9 cm³/mol. The second-order valence-corrected chi connectivity index (χ2v) is 7.18. The molecule has 0 fully saturated rings. The summed E-state index contributed by atoms with van der Waals surface area (Å²) in [5, 5.41) is 9.57. The fraction of sp³-hybridized carbons (Fsp3) is 0.357. The van der Waals surface area contributed by atoms with E-state index >= 15 is 0 Å². The van der Waals surface area contributed by atoms with Gasteiger partial charge in [0.05, 0.1) is 36.1 Å². The number of rotatable bonds is 3. The van der Waals surface area contributed by atoms with Gasteiger partial charge in [-0.2, -0.15) is 4.31 Å². The number of hydrogen-bond donors (Lipinski definition) is 1. The van der Waals surface area contributed by atoms with Crippen LogP contribution in [0.1, 0.15) is 11.4 Å². The molecule has 0 radical (unpaired) electrons. The van der Waals surface area contributed by atoms with Crippen LogP contribution in [0.3, 0.4) is 0 Å². The first kappa shape index (κ1) is 15.1. The second-order valence-electron chi connectivity index (χ2n) is 5.29. The highest BCUT2D eigenvalue weighted by Crippen LogP contribution is 2.28. The van der Waals surface area contributed by atoms with E-state index in [-0.39, 0.29) is 18.0 Å². The molecule has 0 saturated heterocycles. The van der Waals surface area contributed by atoms with Crippen molar-refractivity contribution in [1.29, 1.82) is 0 Å². The number of nitrogens with zero attached hydrogens (tertiary/aromatic N) is 3. The van der Waals surface area contributed by atoms with E-state index in [0.29, 0.717) is 12.1 Å². The average molecular weight is 325 g/mol. The van der Waals surface area contributed by atoms with Crippen molar-refractivity contribution < 1.29 is 17.9 Å². The molecule has 3 rings (SSSR count). The highest BCUT2D eigenvalue weighted by molar-refractivity contribution is 7.89. The highest BCUT2D eigenvalue weighted by atomic mass is 32.2. The summed E-state index contributed by atoms with van der Waals surface area (Å²) in [6.07, 6.45) is 2.02. The maximum Gasteiger partial charge on any atom is 0.243 e. The van der Waals surface area contributed by atoms with Crippen molar-refractivity contribution in [3.8, 4) is 0 Å². The molecule has 2 heterocycles. The maximum atomic E-state index is 13.0. The molecular weight excluding hydrogens is 309 g/mol. The number of fused-ring (bicyclic) bond motifs is 1. The van der Waals surface area contributed by atoms with Crippen molar-refractivity contribution >= 4 is 10.0 Å². The van der Waals surface area contributed by atoms with Gasteiger partial charge in [0.2, 0.25) is 10.0 Å². The Kier molecular flexibility index (Phi) is 3.75. The van der Waals surface area contributed by atoms with E-state index in [4.69, 9.17) is 0 Å². The summed E-state index contributed by atoms with van der Waals surface area (Å²) in [6, 6.07) is 4.12. The van der Waals surface area contributed by atoms with Crippen LogP contribution in [0.2, 0.25) is 0 Å². The number of aliphatic hydroxyl groups excluding tert-OH is 1. The van der Waals surface area contributed by atoms with E-state index in [1.54, 1.807) is 6.33 Å². The van der Waals surface area contributed by atoms with Gasteiger partial charge in [0, 0.05) is 19.2 Å². The van der Waals surface area contributed by atoms with Crippen molar-refractivity contribution in [1.82, 2.24) is 13.9 Å². The normalized spacial score (nSPS) is 19.1. The molecule has 118 valence electrons. The van der Waals surface area contributed by atoms with Gasteiger partial charge in [-0.3, -0.25) is 0 Å². The molecule has 1 aliphatic heterocycles. The van der Waals surface area contributed by atoms with Crippen molar-refractivity contribution in [2.45, 2.75) is 23.9 Å². The molecule has 1 unspecified atom stereocenters. The van der Waals surface area contributed by atoms with Crippen LogP contribution in [0.5, 0.6) is 0 Å². The number of hydrogen-bond acceptors (Lipinski definition) is 4. The number of aryl methyl sites for hydroxylation is 1. The summed E-state index contributed by atoms with van der Waals surface area (Å²) in [4.78, 5) is 4.22. The molecule has 1 N–H and O–H groups in total. The number of aliphatic hydroxyl groups is 1. The summed E-state index contributed by atoms with van der Waals surface area (Å²) >= 11 is 0. The Labute approximate surface area is 127 Å². The SMILES string of the molecule is Cn1cnc2c1CC(CO)N(S(=O)(=O)c1ccc(F)cc1)C2. The van der Waals surface area contributed by atoms with Gasteiger partial charge in [0.15, 0.2) is 0 Å². The van der Waals surface area contributed by atoms with E-state index in [9.17, 15) is 17.9 Å². The van der Waals surface area contributed by atoms with Crippen molar-refractivity contribution in [2.75, 3.05) is 6.61 Å². The van der Waals surface area contributed by atoms with Crippen LogP contribution in [0.15, 0.2) is 35.5 Å². The van der Waals surface area contributed by atoms with E-state index in [1.165, 1.54) is 16.4 Å². The lowest BCUT2D eigenvalue weighted by Crippen LogP contribution is -2.46. The van der Waals surface area contributed by atoms with Crippen LogP contribution in [-0.4, -0.2) is 40.0 Å². The molecule has 6 nitrogen and oxygen atoms in total. The monoisotopic (exact) mass is 325 g/mol. The molecule has 0 aliphatic carbocycles. The first-order valence-electron chi connectivity index (χ1n) is 6.81. The van der Waals surface area contributed by atoms with Crippen molar-refractivity contribution in [3.05, 3.63) is 47.8 Å². The van der Waals surface area contributed by atoms with E-state index < -0.39 is 21.9 Å². The zero-order valence-electron chi connectivity index (χ0n) is 12.0. The molecular formula is C14H16FN3O3S. The Morgan fingerprint density at radius 2 is 2.05 bits per heavy atom. The summed E-state index contributed by atoms with van der Waals surface area (Å²) < 4.78 is 41.5. The number of halogens is 1. The standard InChI is InChI=1S/C14H16FN3O3S/c1-17-9-16-13-7-18(11(8-19)6-14(13)17)22(20,21)12-4-2-10(15)3-5-12/h2-5,9,11,19H,6-8H2,1H3. The Balaban J connectivity index is 2.00. The molecule has 1 aliphatic rings. The minimum atomic E-state index is -3.82. The zero-order valence-corrected chi connectivity index (χ0v) is 12.8. The molecule has 1 aromatic carbocycles. The second kappa shape index (κ2) is 5.45. The minimum absolute atomic E-state index is 0.00623. The molecule has 2 aromatic rings. The average Bonchev–Trinajstić information content (AvgIpc) is 2.87. The third kappa shape index (κ3) is 2.43. The third-order valence-corrected chi connectivity index (χ3v) is 5.83. The summed E-state index contributed by atoms with van der Waals surface area (Å²) in [5.74, 6) is -0.497. The first-order chi connectivity index (χ1) is 10.4. The van der Waals surface area contributed by atoms with Crippen molar-refractivity contribution in [3.63, 3.8) is 0 Å². The fourth-order valence-corrected chi connectivity index (χ4v) is 4.26. The zero-order chi connectivity index (χ0) is 15.9. The minimum Gasteiger partial charge on any atom is -0.395 e. The van der Waals surface area contributed by atoms with E-state index in [1.807, 2.05) is 11.6 Å². The predicted octanol–water partition coefficient (Wildman–Crippen LogP) is 0.667.